The van der Waals surface area contributed by atoms with E-state index in [1.807, 2.05) is 32.5 Å². The molecule has 1 saturated heterocycles. The van der Waals surface area contributed by atoms with E-state index >= 15 is 0 Å². The molecule has 1 fully saturated rings. The number of aromatic nitrogens is 1. The minimum Gasteiger partial charge on any atom is -0.444 e. The van der Waals surface area contributed by atoms with Crippen molar-refractivity contribution < 1.29 is 9.53 Å². The van der Waals surface area contributed by atoms with Crippen molar-refractivity contribution in [3.8, 4) is 0 Å². The number of amides is 1. The molecule has 1 amide bonds. The molecule has 1 unspecified atom stereocenters. The molecule has 0 aromatic carbocycles. The third kappa shape index (κ3) is 4.18. The number of hydrogen-bond donors (Lipinski definition) is 0. The summed E-state index contributed by atoms with van der Waals surface area (Å²) < 4.78 is 5.42. The normalized spacial score (nSPS) is 19.6. The van der Waals surface area contributed by atoms with Gasteiger partial charge in [0.15, 0.2) is 0 Å². The molecule has 5 nitrogen and oxygen atoms in total. The van der Waals surface area contributed by atoms with Crippen LogP contribution < -0.4 is 0 Å². The van der Waals surface area contributed by atoms with Crippen LogP contribution in [0.2, 0.25) is 0 Å². The molecule has 2 heterocycles. The molecular formula is C14H23N3O2S. The van der Waals surface area contributed by atoms with E-state index in [9.17, 15) is 4.79 Å². The Kier molecular flexibility index (Phi) is 4.65. The molecule has 1 aliphatic rings. The standard InChI is InChI=1S/C14H23N3O2S/c1-14(2,3)19-13(18)17-6-5-11(8-17)16(4)9-12-7-15-10-20-12/h7,10-11H,5-6,8-9H2,1-4H3. The van der Waals surface area contributed by atoms with Crippen LogP contribution in [0.4, 0.5) is 4.79 Å². The Morgan fingerprint density at radius 1 is 1.60 bits per heavy atom. The van der Waals surface area contributed by atoms with Gasteiger partial charge in [0, 0.05) is 36.8 Å². The number of rotatable bonds is 3. The minimum atomic E-state index is -0.427. The number of carbonyl (C=O) groups is 1. The molecule has 112 valence electrons. The van der Waals surface area contributed by atoms with E-state index in [1.54, 1.807) is 16.2 Å². The third-order valence-corrected chi connectivity index (χ3v) is 4.09. The van der Waals surface area contributed by atoms with Crippen molar-refractivity contribution >= 4 is 17.4 Å². The van der Waals surface area contributed by atoms with Crippen LogP contribution in [0.15, 0.2) is 11.7 Å². The summed E-state index contributed by atoms with van der Waals surface area (Å²) in [5, 5.41) is 0. The van der Waals surface area contributed by atoms with E-state index in [-0.39, 0.29) is 6.09 Å². The average molecular weight is 297 g/mol. The Morgan fingerprint density at radius 2 is 2.35 bits per heavy atom. The van der Waals surface area contributed by atoms with Crippen LogP contribution in [0, 0.1) is 0 Å². The highest BCUT2D eigenvalue weighted by molar-refractivity contribution is 7.09. The van der Waals surface area contributed by atoms with Gasteiger partial charge in [-0.1, -0.05) is 0 Å². The summed E-state index contributed by atoms with van der Waals surface area (Å²) in [7, 11) is 2.10. The first-order chi connectivity index (χ1) is 9.35. The number of carbonyl (C=O) groups excluding carboxylic acids is 1. The summed E-state index contributed by atoms with van der Waals surface area (Å²) in [6, 6.07) is 0.393. The molecule has 0 saturated carbocycles. The zero-order chi connectivity index (χ0) is 14.8. The molecule has 1 atom stereocenters. The van der Waals surface area contributed by atoms with Crippen molar-refractivity contribution in [3.05, 3.63) is 16.6 Å². The molecule has 20 heavy (non-hydrogen) atoms. The molecule has 1 aromatic heterocycles. The van der Waals surface area contributed by atoms with Crippen LogP contribution in [0.1, 0.15) is 32.1 Å². The molecular weight excluding hydrogens is 274 g/mol. The summed E-state index contributed by atoms with van der Waals surface area (Å²) in [5.41, 5.74) is 1.43. The van der Waals surface area contributed by atoms with Gasteiger partial charge in [-0.25, -0.2) is 4.79 Å². The third-order valence-electron chi connectivity index (χ3n) is 3.33. The lowest BCUT2D eigenvalue weighted by Gasteiger charge is -2.26. The van der Waals surface area contributed by atoms with Crippen molar-refractivity contribution in [3.63, 3.8) is 0 Å². The van der Waals surface area contributed by atoms with Crippen LogP contribution >= 0.6 is 11.3 Å². The first-order valence-corrected chi connectivity index (χ1v) is 7.78. The largest absolute Gasteiger partial charge is 0.444 e. The van der Waals surface area contributed by atoms with E-state index in [1.165, 1.54) is 4.88 Å². The summed E-state index contributed by atoms with van der Waals surface area (Å²) in [6.07, 6.45) is 2.70. The summed E-state index contributed by atoms with van der Waals surface area (Å²) in [5.74, 6) is 0. The fourth-order valence-electron chi connectivity index (χ4n) is 2.29. The molecule has 0 bridgehead atoms. The lowest BCUT2D eigenvalue weighted by atomic mass is 10.2. The van der Waals surface area contributed by atoms with E-state index in [2.05, 4.69) is 16.9 Å². The fraction of sp³-hybridized carbons (Fsp3) is 0.714. The first kappa shape index (κ1) is 15.3. The molecule has 0 spiro atoms. The highest BCUT2D eigenvalue weighted by atomic mass is 32.1. The van der Waals surface area contributed by atoms with E-state index in [0.29, 0.717) is 6.04 Å². The van der Waals surface area contributed by atoms with Gasteiger partial charge in [-0.05, 0) is 34.2 Å². The Labute approximate surface area is 124 Å². The highest BCUT2D eigenvalue weighted by Gasteiger charge is 2.31. The number of thiazole rings is 1. The number of ether oxygens (including phenoxy) is 1. The molecule has 0 aliphatic carbocycles. The second-order valence-corrected chi connectivity index (χ2v) is 7.22. The van der Waals surface area contributed by atoms with E-state index < -0.39 is 5.60 Å². The van der Waals surface area contributed by atoms with Gasteiger partial charge < -0.3 is 9.64 Å². The van der Waals surface area contributed by atoms with Gasteiger partial charge in [0.1, 0.15) is 5.60 Å². The van der Waals surface area contributed by atoms with Crippen LogP contribution in [0.5, 0.6) is 0 Å². The maximum atomic E-state index is 12.0. The van der Waals surface area contributed by atoms with Gasteiger partial charge in [0.25, 0.3) is 0 Å². The van der Waals surface area contributed by atoms with Gasteiger partial charge in [-0.2, -0.15) is 0 Å². The van der Waals surface area contributed by atoms with Crippen molar-refractivity contribution in [2.45, 2.75) is 45.4 Å². The van der Waals surface area contributed by atoms with Crippen LogP contribution in [-0.4, -0.2) is 52.7 Å². The number of likely N-dealkylation sites (N-methyl/N-ethyl adjacent to an activating group) is 1. The summed E-state index contributed by atoms with van der Waals surface area (Å²) in [6.45, 7) is 8.09. The zero-order valence-corrected chi connectivity index (χ0v) is 13.4. The first-order valence-electron chi connectivity index (χ1n) is 6.91. The minimum absolute atomic E-state index is 0.203. The Morgan fingerprint density at radius 3 is 2.95 bits per heavy atom. The summed E-state index contributed by atoms with van der Waals surface area (Å²) >= 11 is 1.67. The van der Waals surface area contributed by atoms with Gasteiger partial charge >= 0.3 is 6.09 Å². The second-order valence-electron chi connectivity index (χ2n) is 6.25. The van der Waals surface area contributed by atoms with Crippen molar-refractivity contribution in [1.82, 2.24) is 14.8 Å². The topological polar surface area (TPSA) is 45.7 Å². The SMILES string of the molecule is CN(Cc1cncs1)C1CCN(C(=O)OC(C)(C)C)C1. The Balaban J connectivity index is 1.84. The molecule has 6 heteroatoms. The smallest absolute Gasteiger partial charge is 0.410 e. The lowest BCUT2D eigenvalue weighted by molar-refractivity contribution is 0.0282. The summed E-state index contributed by atoms with van der Waals surface area (Å²) in [4.78, 5) is 21.5. The van der Waals surface area contributed by atoms with Crippen LogP contribution in [-0.2, 0) is 11.3 Å². The van der Waals surface area contributed by atoms with Crippen LogP contribution in [0.25, 0.3) is 0 Å². The van der Waals surface area contributed by atoms with Crippen molar-refractivity contribution in [2.75, 3.05) is 20.1 Å². The lowest BCUT2D eigenvalue weighted by Crippen LogP contribution is -2.38. The second kappa shape index (κ2) is 6.10. The molecule has 2 rings (SSSR count). The van der Waals surface area contributed by atoms with E-state index in [0.717, 1.165) is 26.1 Å². The monoisotopic (exact) mass is 297 g/mol. The number of nitrogens with zero attached hydrogens (tertiary/aromatic N) is 3. The number of hydrogen-bond acceptors (Lipinski definition) is 5. The Hall–Kier alpha value is -1.14. The van der Waals surface area contributed by atoms with Gasteiger partial charge in [-0.3, -0.25) is 9.88 Å². The molecule has 1 aromatic rings. The molecule has 0 radical (unpaired) electrons. The number of likely N-dealkylation sites (tertiary alicyclic amines) is 1. The maximum Gasteiger partial charge on any atom is 0.410 e. The predicted octanol–water partition coefficient (Wildman–Crippen LogP) is 2.58. The van der Waals surface area contributed by atoms with Crippen molar-refractivity contribution in [1.29, 1.82) is 0 Å². The Bertz CT molecular complexity index is 442. The quantitative estimate of drug-likeness (QED) is 0.860. The zero-order valence-electron chi connectivity index (χ0n) is 12.6. The van der Waals surface area contributed by atoms with Gasteiger partial charge in [0.05, 0.1) is 5.51 Å². The molecule has 1 aliphatic heterocycles. The van der Waals surface area contributed by atoms with Crippen LogP contribution in [0.3, 0.4) is 0 Å². The fourth-order valence-corrected chi connectivity index (χ4v) is 2.95. The molecule has 0 N–H and O–H groups in total. The average Bonchev–Trinajstić information content (AvgIpc) is 2.96. The van der Waals surface area contributed by atoms with Gasteiger partial charge in [-0.15, -0.1) is 11.3 Å². The maximum absolute atomic E-state index is 12.0. The van der Waals surface area contributed by atoms with Gasteiger partial charge in [0.2, 0.25) is 0 Å². The highest BCUT2D eigenvalue weighted by Crippen LogP contribution is 2.20. The predicted molar refractivity (Wildman–Crippen MR) is 79.8 cm³/mol. The van der Waals surface area contributed by atoms with Crippen molar-refractivity contribution in [2.24, 2.45) is 0 Å². The van der Waals surface area contributed by atoms with E-state index in [4.69, 9.17) is 4.74 Å².